The van der Waals surface area contributed by atoms with Crippen molar-refractivity contribution in [1.82, 2.24) is 5.32 Å². The van der Waals surface area contributed by atoms with Crippen LogP contribution < -0.4 is 14.8 Å². The van der Waals surface area contributed by atoms with Crippen LogP contribution in [0.3, 0.4) is 0 Å². The molecule has 1 saturated carbocycles. The molecule has 1 aliphatic carbocycles. The zero-order valence-corrected chi connectivity index (χ0v) is 16.2. The van der Waals surface area contributed by atoms with E-state index in [1.165, 1.54) is 0 Å². The van der Waals surface area contributed by atoms with Crippen molar-refractivity contribution in [3.8, 4) is 22.6 Å². The highest BCUT2D eigenvalue weighted by Gasteiger charge is 2.35. The lowest BCUT2D eigenvalue weighted by Gasteiger charge is -2.29. The SMILES string of the molecule is COCC1(NC(=O)c2cccc(-c3ccc(OC)cc3OC)c2)CCCC1. The largest absolute Gasteiger partial charge is 0.497 e. The van der Waals surface area contributed by atoms with Crippen LogP contribution in [0.1, 0.15) is 36.0 Å². The van der Waals surface area contributed by atoms with Gasteiger partial charge < -0.3 is 19.5 Å². The number of ether oxygens (including phenoxy) is 3. The van der Waals surface area contributed by atoms with Crippen LogP contribution in [0, 0.1) is 0 Å². The van der Waals surface area contributed by atoms with Crippen LogP contribution in [0.4, 0.5) is 0 Å². The first-order valence-electron chi connectivity index (χ1n) is 9.25. The van der Waals surface area contributed by atoms with Crippen LogP contribution in [-0.4, -0.2) is 39.4 Å². The van der Waals surface area contributed by atoms with Gasteiger partial charge in [-0.25, -0.2) is 0 Å². The van der Waals surface area contributed by atoms with Crippen molar-refractivity contribution in [2.75, 3.05) is 27.9 Å². The number of carbonyl (C=O) groups excluding carboxylic acids is 1. The van der Waals surface area contributed by atoms with Crippen molar-refractivity contribution in [2.24, 2.45) is 0 Å². The first-order valence-corrected chi connectivity index (χ1v) is 9.25. The van der Waals surface area contributed by atoms with Gasteiger partial charge in [-0.2, -0.15) is 0 Å². The van der Waals surface area contributed by atoms with Crippen LogP contribution >= 0.6 is 0 Å². The third kappa shape index (κ3) is 4.25. The van der Waals surface area contributed by atoms with E-state index in [0.29, 0.717) is 17.9 Å². The van der Waals surface area contributed by atoms with E-state index in [2.05, 4.69) is 5.32 Å². The molecule has 0 aliphatic heterocycles. The second kappa shape index (κ2) is 8.44. The van der Waals surface area contributed by atoms with Gasteiger partial charge in [-0.15, -0.1) is 0 Å². The lowest BCUT2D eigenvalue weighted by molar-refractivity contribution is 0.0767. The number of carbonyl (C=O) groups is 1. The molecule has 0 unspecified atom stereocenters. The summed E-state index contributed by atoms with van der Waals surface area (Å²) in [6.45, 7) is 0.546. The summed E-state index contributed by atoms with van der Waals surface area (Å²) in [5.41, 5.74) is 2.22. The summed E-state index contributed by atoms with van der Waals surface area (Å²) in [6.07, 6.45) is 4.15. The Morgan fingerprint density at radius 1 is 1.04 bits per heavy atom. The minimum atomic E-state index is -0.250. The maximum atomic E-state index is 12.9. The number of amides is 1. The summed E-state index contributed by atoms with van der Waals surface area (Å²) in [5.74, 6) is 1.37. The molecule has 0 bridgehead atoms. The number of benzene rings is 2. The van der Waals surface area contributed by atoms with Gasteiger partial charge in [-0.05, 0) is 42.7 Å². The molecular formula is C22H27NO4. The molecule has 27 heavy (non-hydrogen) atoms. The molecule has 0 heterocycles. The molecule has 1 aliphatic rings. The first-order chi connectivity index (χ1) is 13.1. The van der Waals surface area contributed by atoms with Gasteiger partial charge in [-0.3, -0.25) is 4.79 Å². The summed E-state index contributed by atoms with van der Waals surface area (Å²) in [6, 6.07) is 13.3. The average molecular weight is 369 g/mol. The molecule has 0 aromatic heterocycles. The Labute approximate surface area is 160 Å². The highest BCUT2D eigenvalue weighted by molar-refractivity contribution is 5.96. The van der Waals surface area contributed by atoms with Crippen molar-refractivity contribution in [3.63, 3.8) is 0 Å². The smallest absolute Gasteiger partial charge is 0.251 e. The number of hydrogen-bond acceptors (Lipinski definition) is 4. The monoisotopic (exact) mass is 369 g/mol. The Bertz CT molecular complexity index is 797. The van der Waals surface area contributed by atoms with Crippen LogP contribution in [0.25, 0.3) is 11.1 Å². The first kappa shape index (κ1) is 19.2. The standard InChI is InChI=1S/C22H27NO4/c1-25-15-22(11-4-5-12-22)23-21(24)17-8-6-7-16(13-17)19-10-9-18(26-2)14-20(19)27-3/h6-10,13-14H,4-5,11-12,15H2,1-3H3,(H,23,24). The van der Waals surface area contributed by atoms with Crippen molar-refractivity contribution in [3.05, 3.63) is 48.0 Å². The third-order valence-corrected chi connectivity index (χ3v) is 5.20. The molecule has 1 fully saturated rings. The zero-order valence-electron chi connectivity index (χ0n) is 16.2. The quantitative estimate of drug-likeness (QED) is 0.800. The predicted molar refractivity (Wildman–Crippen MR) is 106 cm³/mol. The Morgan fingerprint density at radius 3 is 2.48 bits per heavy atom. The Morgan fingerprint density at radius 2 is 1.81 bits per heavy atom. The van der Waals surface area contributed by atoms with Crippen LogP contribution in [0.15, 0.2) is 42.5 Å². The summed E-state index contributed by atoms with van der Waals surface area (Å²) < 4.78 is 16.1. The van der Waals surface area contributed by atoms with Gasteiger partial charge >= 0.3 is 0 Å². The molecule has 2 aromatic carbocycles. The molecule has 0 spiro atoms. The molecule has 5 heteroatoms. The average Bonchev–Trinajstić information content (AvgIpc) is 3.15. The van der Waals surface area contributed by atoms with Crippen LogP contribution in [0.2, 0.25) is 0 Å². The number of methoxy groups -OCH3 is 3. The van der Waals surface area contributed by atoms with Crippen molar-refractivity contribution in [2.45, 2.75) is 31.2 Å². The van der Waals surface area contributed by atoms with Gasteiger partial charge in [0.25, 0.3) is 5.91 Å². The summed E-state index contributed by atoms with van der Waals surface area (Å²) in [5, 5.41) is 3.22. The molecule has 1 amide bonds. The normalized spacial score (nSPS) is 15.4. The molecule has 1 N–H and O–H groups in total. The van der Waals surface area contributed by atoms with E-state index >= 15 is 0 Å². The summed E-state index contributed by atoms with van der Waals surface area (Å²) in [7, 11) is 4.94. The predicted octanol–water partition coefficient (Wildman–Crippen LogP) is 4.06. The van der Waals surface area contributed by atoms with E-state index in [0.717, 1.165) is 42.6 Å². The van der Waals surface area contributed by atoms with Gasteiger partial charge in [0.2, 0.25) is 0 Å². The molecule has 0 saturated heterocycles. The molecule has 144 valence electrons. The minimum Gasteiger partial charge on any atom is -0.497 e. The van der Waals surface area contributed by atoms with Gasteiger partial charge in [0.15, 0.2) is 0 Å². The van der Waals surface area contributed by atoms with Crippen molar-refractivity contribution in [1.29, 1.82) is 0 Å². The molecule has 2 aromatic rings. The minimum absolute atomic E-state index is 0.0664. The van der Waals surface area contributed by atoms with Crippen LogP contribution in [-0.2, 0) is 4.74 Å². The van der Waals surface area contributed by atoms with Crippen molar-refractivity contribution >= 4 is 5.91 Å². The fourth-order valence-corrected chi connectivity index (χ4v) is 3.81. The Kier molecular flexibility index (Phi) is 6.01. The van der Waals surface area contributed by atoms with E-state index in [-0.39, 0.29) is 11.4 Å². The lowest BCUT2D eigenvalue weighted by atomic mass is 9.97. The second-order valence-corrected chi connectivity index (χ2v) is 7.02. The maximum absolute atomic E-state index is 12.9. The lowest BCUT2D eigenvalue weighted by Crippen LogP contribution is -2.49. The topological polar surface area (TPSA) is 56.8 Å². The van der Waals surface area contributed by atoms with E-state index in [1.54, 1.807) is 21.3 Å². The molecular weight excluding hydrogens is 342 g/mol. The fraction of sp³-hybridized carbons (Fsp3) is 0.409. The van der Waals surface area contributed by atoms with Gasteiger partial charge in [0, 0.05) is 24.3 Å². The summed E-state index contributed by atoms with van der Waals surface area (Å²) in [4.78, 5) is 12.9. The Hall–Kier alpha value is -2.53. The van der Waals surface area contributed by atoms with E-state index in [4.69, 9.17) is 14.2 Å². The Balaban J connectivity index is 1.86. The highest BCUT2D eigenvalue weighted by atomic mass is 16.5. The molecule has 3 rings (SSSR count). The number of rotatable bonds is 7. The molecule has 5 nitrogen and oxygen atoms in total. The fourth-order valence-electron chi connectivity index (χ4n) is 3.81. The summed E-state index contributed by atoms with van der Waals surface area (Å²) >= 11 is 0. The maximum Gasteiger partial charge on any atom is 0.251 e. The highest BCUT2D eigenvalue weighted by Crippen LogP contribution is 2.34. The third-order valence-electron chi connectivity index (χ3n) is 5.20. The molecule has 0 radical (unpaired) electrons. The van der Waals surface area contributed by atoms with Gasteiger partial charge in [0.05, 0.1) is 26.4 Å². The van der Waals surface area contributed by atoms with Crippen molar-refractivity contribution < 1.29 is 19.0 Å². The second-order valence-electron chi connectivity index (χ2n) is 7.02. The van der Waals surface area contributed by atoms with E-state index in [9.17, 15) is 4.79 Å². The number of nitrogens with one attached hydrogen (secondary N) is 1. The van der Waals surface area contributed by atoms with E-state index in [1.807, 2.05) is 42.5 Å². The van der Waals surface area contributed by atoms with E-state index < -0.39 is 0 Å². The van der Waals surface area contributed by atoms with Gasteiger partial charge in [0.1, 0.15) is 11.5 Å². The zero-order chi connectivity index (χ0) is 19.3. The number of hydrogen-bond donors (Lipinski definition) is 1. The van der Waals surface area contributed by atoms with Gasteiger partial charge in [-0.1, -0.05) is 25.0 Å². The van der Waals surface area contributed by atoms with Crippen LogP contribution in [0.5, 0.6) is 11.5 Å². The molecule has 0 atom stereocenters.